The summed E-state index contributed by atoms with van der Waals surface area (Å²) in [7, 11) is 0. The van der Waals surface area contributed by atoms with E-state index < -0.39 is 0 Å². The quantitative estimate of drug-likeness (QED) is 0.794. The van der Waals surface area contributed by atoms with Gasteiger partial charge < -0.3 is 10.1 Å². The number of hydrogen-bond donors (Lipinski definition) is 1. The molecule has 1 saturated heterocycles. The van der Waals surface area contributed by atoms with Crippen LogP contribution in [0.15, 0.2) is 0 Å². The van der Waals surface area contributed by atoms with Crippen molar-refractivity contribution in [2.24, 2.45) is 5.92 Å². The molecule has 0 amide bonds. The Kier molecular flexibility index (Phi) is 4.11. The minimum Gasteiger partial charge on any atom is -0.373 e. The predicted molar refractivity (Wildman–Crippen MR) is 71.3 cm³/mol. The molecule has 1 heterocycles. The zero-order valence-corrected chi connectivity index (χ0v) is 11.8. The van der Waals surface area contributed by atoms with Crippen LogP contribution >= 0.6 is 0 Å². The number of morpholine rings is 1. The molecule has 2 fully saturated rings. The second-order valence-corrected chi connectivity index (χ2v) is 6.48. The molecule has 1 saturated carbocycles. The van der Waals surface area contributed by atoms with Crippen LogP contribution in [0.4, 0.5) is 0 Å². The molecule has 2 unspecified atom stereocenters. The van der Waals surface area contributed by atoms with Crippen LogP contribution in [0.3, 0.4) is 0 Å². The molecular weight excluding hydrogens is 212 g/mol. The fourth-order valence-electron chi connectivity index (χ4n) is 2.57. The third kappa shape index (κ3) is 3.94. The van der Waals surface area contributed by atoms with Gasteiger partial charge in [0, 0.05) is 25.2 Å². The molecule has 0 aromatic heterocycles. The summed E-state index contributed by atoms with van der Waals surface area (Å²) in [6.07, 6.45) is 2.76. The highest BCUT2D eigenvalue weighted by molar-refractivity contribution is 4.86. The summed E-state index contributed by atoms with van der Waals surface area (Å²) < 4.78 is 5.78. The third-order valence-electron chi connectivity index (χ3n) is 4.16. The molecule has 1 N–H and O–H groups in total. The van der Waals surface area contributed by atoms with Gasteiger partial charge in [-0.1, -0.05) is 6.92 Å². The Labute approximate surface area is 106 Å². The molecule has 2 aliphatic rings. The van der Waals surface area contributed by atoms with Crippen LogP contribution in [0.5, 0.6) is 0 Å². The fourth-order valence-corrected chi connectivity index (χ4v) is 2.57. The van der Waals surface area contributed by atoms with Crippen LogP contribution in [-0.4, -0.2) is 48.8 Å². The van der Waals surface area contributed by atoms with Crippen LogP contribution in [0.2, 0.25) is 0 Å². The van der Waals surface area contributed by atoms with Crippen molar-refractivity contribution in [3.8, 4) is 0 Å². The zero-order valence-electron chi connectivity index (χ0n) is 11.8. The lowest BCUT2D eigenvalue weighted by atomic mass is 9.98. The van der Waals surface area contributed by atoms with Crippen molar-refractivity contribution in [3.05, 3.63) is 0 Å². The van der Waals surface area contributed by atoms with Crippen molar-refractivity contribution in [1.29, 1.82) is 0 Å². The van der Waals surface area contributed by atoms with Gasteiger partial charge in [-0.25, -0.2) is 0 Å². The van der Waals surface area contributed by atoms with E-state index in [-0.39, 0.29) is 5.60 Å². The first-order valence-corrected chi connectivity index (χ1v) is 7.09. The van der Waals surface area contributed by atoms with Gasteiger partial charge in [0.25, 0.3) is 0 Å². The van der Waals surface area contributed by atoms with Gasteiger partial charge >= 0.3 is 0 Å². The molecule has 0 aromatic rings. The molecule has 0 radical (unpaired) electrons. The number of nitrogens with one attached hydrogen (secondary N) is 1. The lowest BCUT2D eigenvalue weighted by Crippen LogP contribution is -2.53. The van der Waals surface area contributed by atoms with E-state index in [0.29, 0.717) is 12.0 Å². The Morgan fingerprint density at radius 3 is 2.65 bits per heavy atom. The molecule has 0 bridgehead atoms. The van der Waals surface area contributed by atoms with Gasteiger partial charge in [0.05, 0.1) is 12.2 Å². The van der Waals surface area contributed by atoms with E-state index in [1.54, 1.807) is 0 Å². The maximum atomic E-state index is 5.78. The Morgan fingerprint density at radius 2 is 2.06 bits per heavy atom. The van der Waals surface area contributed by atoms with Crippen molar-refractivity contribution in [2.45, 2.75) is 58.2 Å². The first kappa shape index (κ1) is 13.3. The highest BCUT2D eigenvalue weighted by atomic mass is 16.5. The lowest BCUT2D eigenvalue weighted by Gasteiger charge is -2.43. The number of nitrogens with zero attached hydrogens (tertiary/aromatic N) is 1. The van der Waals surface area contributed by atoms with E-state index in [0.717, 1.165) is 32.3 Å². The molecule has 2 atom stereocenters. The molecule has 2 rings (SSSR count). The molecule has 0 aromatic carbocycles. The summed E-state index contributed by atoms with van der Waals surface area (Å²) in [4.78, 5) is 2.59. The van der Waals surface area contributed by atoms with E-state index in [1.165, 1.54) is 12.8 Å². The zero-order chi connectivity index (χ0) is 12.5. The largest absolute Gasteiger partial charge is 0.373 e. The van der Waals surface area contributed by atoms with Crippen LogP contribution in [-0.2, 0) is 4.74 Å². The average Bonchev–Trinajstić information content (AvgIpc) is 3.07. The topological polar surface area (TPSA) is 24.5 Å². The monoisotopic (exact) mass is 240 g/mol. The van der Waals surface area contributed by atoms with Gasteiger partial charge in [-0.2, -0.15) is 0 Å². The fraction of sp³-hybridized carbons (Fsp3) is 1.00. The Balaban J connectivity index is 1.78. The SMILES string of the molecule is CC(CNC1CC1)C(C)N1CCOC(C)(C)C1. The van der Waals surface area contributed by atoms with Gasteiger partial charge in [-0.05, 0) is 46.1 Å². The molecule has 3 nitrogen and oxygen atoms in total. The maximum Gasteiger partial charge on any atom is 0.0753 e. The van der Waals surface area contributed by atoms with Gasteiger partial charge in [-0.15, -0.1) is 0 Å². The molecule has 1 aliphatic heterocycles. The van der Waals surface area contributed by atoms with Crippen LogP contribution in [0.1, 0.15) is 40.5 Å². The maximum absolute atomic E-state index is 5.78. The van der Waals surface area contributed by atoms with Crippen LogP contribution in [0.25, 0.3) is 0 Å². The number of hydrogen-bond acceptors (Lipinski definition) is 3. The van der Waals surface area contributed by atoms with Gasteiger partial charge in [-0.3, -0.25) is 4.90 Å². The van der Waals surface area contributed by atoms with E-state index in [9.17, 15) is 0 Å². The van der Waals surface area contributed by atoms with E-state index in [1.807, 2.05) is 0 Å². The summed E-state index contributed by atoms with van der Waals surface area (Å²) in [5, 5.41) is 3.64. The number of rotatable bonds is 5. The first-order valence-electron chi connectivity index (χ1n) is 7.09. The highest BCUT2D eigenvalue weighted by Crippen LogP contribution is 2.23. The third-order valence-corrected chi connectivity index (χ3v) is 4.16. The van der Waals surface area contributed by atoms with E-state index in [4.69, 9.17) is 4.74 Å². The van der Waals surface area contributed by atoms with Crippen molar-refractivity contribution in [3.63, 3.8) is 0 Å². The number of ether oxygens (including phenoxy) is 1. The minimum absolute atomic E-state index is 0.0240. The second kappa shape index (κ2) is 5.25. The summed E-state index contributed by atoms with van der Waals surface area (Å²) in [6, 6.07) is 1.47. The van der Waals surface area contributed by atoms with Gasteiger partial charge in [0.15, 0.2) is 0 Å². The Morgan fingerprint density at radius 1 is 1.35 bits per heavy atom. The highest BCUT2D eigenvalue weighted by Gasteiger charge is 2.32. The molecule has 17 heavy (non-hydrogen) atoms. The van der Waals surface area contributed by atoms with Crippen molar-refractivity contribution >= 4 is 0 Å². The summed E-state index contributed by atoms with van der Waals surface area (Å²) in [5.74, 6) is 0.712. The Bertz CT molecular complexity index is 251. The first-order chi connectivity index (χ1) is 7.98. The second-order valence-electron chi connectivity index (χ2n) is 6.48. The molecule has 0 spiro atoms. The van der Waals surface area contributed by atoms with Gasteiger partial charge in [0.2, 0.25) is 0 Å². The predicted octanol–water partition coefficient (Wildman–Crippen LogP) is 1.87. The van der Waals surface area contributed by atoms with Crippen molar-refractivity contribution < 1.29 is 4.74 Å². The van der Waals surface area contributed by atoms with Crippen LogP contribution < -0.4 is 5.32 Å². The van der Waals surface area contributed by atoms with Crippen molar-refractivity contribution in [2.75, 3.05) is 26.2 Å². The smallest absolute Gasteiger partial charge is 0.0753 e. The standard InChI is InChI=1S/C14H28N2O/c1-11(9-15-13-5-6-13)12(2)16-7-8-17-14(3,4)10-16/h11-13,15H,5-10H2,1-4H3. The summed E-state index contributed by atoms with van der Waals surface area (Å²) in [5.41, 5.74) is 0.0240. The van der Waals surface area contributed by atoms with Gasteiger partial charge in [0.1, 0.15) is 0 Å². The van der Waals surface area contributed by atoms with Crippen molar-refractivity contribution in [1.82, 2.24) is 10.2 Å². The van der Waals surface area contributed by atoms with E-state index >= 15 is 0 Å². The lowest BCUT2D eigenvalue weighted by molar-refractivity contribution is -0.0999. The molecule has 3 heteroatoms. The Hall–Kier alpha value is -0.120. The summed E-state index contributed by atoms with van der Waals surface area (Å²) in [6.45, 7) is 13.3. The van der Waals surface area contributed by atoms with Crippen LogP contribution in [0, 0.1) is 5.92 Å². The molecule has 100 valence electrons. The minimum atomic E-state index is 0.0240. The molecule has 1 aliphatic carbocycles. The normalized spacial score (nSPS) is 28.9. The summed E-state index contributed by atoms with van der Waals surface area (Å²) >= 11 is 0. The molecular formula is C14H28N2O. The average molecular weight is 240 g/mol. The van der Waals surface area contributed by atoms with E-state index in [2.05, 4.69) is 37.9 Å².